The molecule has 0 spiro atoms. The van der Waals surface area contributed by atoms with Crippen molar-refractivity contribution in [1.29, 1.82) is 0 Å². The highest BCUT2D eigenvalue weighted by molar-refractivity contribution is 5.85. The monoisotopic (exact) mass is 308 g/mol. The molecular formula is C17H25ClN2O. The lowest BCUT2D eigenvalue weighted by Gasteiger charge is -2.28. The molecule has 3 rings (SSSR count). The maximum atomic E-state index is 12.8. The minimum absolute atomic E-state index is 0. The van der Waals surface area contributed by atoms with Gasteiger partial charge in [0.2, 0.25) is 5.91 Å². The summed E-state index contributed by atoms with van der Waals surface area (Å²) in [7, 11) is 0. The summed E-state index contributed by atoms with van der Waals surface area (Å²) in [6.07, 6.45) is 4.44. The third-order valence-corrected chi connectivity index (χ3v) is 5.10. The van der Waals surface area contributed by atoms with Gasteiger partial charge in [0, 0.05) is 30.5 Å². The summed E-state index contributed by atoms with van der Waals surface area (Å²) in [5.41, 5.74) is 7.41. The molecule has 4 heteroatoms. The van der Waals surface area contributed by atoms with E-state index in [9.17, 15) is 4.79 Å². The zero-order valence-electron chi connectivity index (χ0n) is 12.6. The molecule has 0 aromatic heterocycles. The first-order chi connectivity index (χ1) is 9.60. The molecule has 1 aliphatic carbocycles. The topological polar surface area (TPSA) is 46.3 Å². The van der Waals surface area contributed by atoms with E-state index in [1.54, 1.807) is 0 Å². The lowest BCUT2D eigenvalue weighted by Crippen LogP contribution is -2.40. The molecule has 1 aromatic carbocycles. The van der Waals surface area contributed by atoms with Gasteiger partial charge < -0.3 is 10.6 Å². The molecule has 2 aliphatic rings. The van der Waals surface area contributed by atoms with Gasteiger partial charge >= 0.3 is 0 Å². The number of hydrogen-bond donors (Lipinski definition) is 1. The van der Waals surface area contributed by atoms with Crippen LogP contribution < -0.4 is 5.73 Å². The molecule has 1 aromatic rings. The van der Waals surface area contributed by atoms with E-state index >= 15 is 0 Å². The summed E-state index contributed by atoms with van der Waals surface area (Å²) in [4.78, 5) is 14.8. The molecule has 1 amide bonds. The summed E-state index contributed by atoms with van der Waals surface area (Å²) in [5.74, 6) is 0.606. The molecule has 2 atom stereocenters. The van der Waals surface area contributed by atoms with Gasteiger partial charge in [-0.25, -0.2) is 0 Å². The number of halogens is 1. The number of rotatable bonds is 2. The third-order valence-electron chi connectivity index (χ3n) is 5.10. The Hall–Kier alpha value is -1.06. The molecule has 0 radical (unpaired) electrons. The lowest BCUT2D eigenvalue weighted by atomic mass is 9.87. The largest absolute Gasteiger partial charge is 0.340 e. The van der Waals surface area contributed by atoms with E-state index in [0.29, 0.717) is 12.5 Å². The second-order valence-corrected chi connectivity index (χ2v) is 6.66. The van der Waals surface area contributed by atoms with Crippen LogP contribution in [0, 0.1) is 5.41 Å². The van der Waals surface area contributed by atoms with Crippen molar-refractivity contribution < 1.29 is 4.79 Å². The van der Waals surface area contributed by atoms with Crippen molar-refractivity contribution in [3.8, 4) is 0 Å². The van der Waals surface area contributed by atoms with Gasteiger partial charge in [-0.05, 0) is 18.4 Å². The van der Waals surface area contributed by atoms with Crippen molar-refractivity contribution in [2.75, 3.05) is 13.1 Å². The van der Waals surface area contributed by atoms with Crippen LogP contribution in [0.2, 0.25) is 0 Å². The van der Waals surface area contributed by atoms with Crippen molar-refractivity contribution in [2.24, 2.45) is 11.1 Å². The number of carbonyl (C=O) groups is 1. The first kappa shape index (κ1) is 16.3. The first-order valence-electron chi connectivity index (χ1n) is 7.70. The summed E-state index contributed by atoms with van der Waals surface area (Å²) in [5, 5.41) is 0. The molecule has 116 valence electrons. The highest BCUT2D eigenvalue weighted by atomic mass is 35.5. The summed E-state index contributed by atoms with van der Waals surface area (Å²) in [6.45, 7) is 3.61. The average molecular weight is 309 g/mol. The first-order valence-corrected chi connectivity index (χ1v) is 7.70. The van der Waals surface area contributed by atoms with Crippen molar-refractivity contribution in [3.63, 3.8) is 0 Å². The molecule has 0 bridgehead atoms. The van der Waals surface area contributed by atoms with Crippen LogP contribution in [0.3, 0.4) is 0 Å². The zero-order chi connectivity index (χ0) is 14.2. The Bertz CT molecular complexity index is 485. The van der Waals surface area contributed by atoms with Crippen LogP contribution in [0.5, 0.6) is 0 Å². The standard InChI is InChI=1S/C17H24N2O.ClH/c1-17(9-5-6-10-17)16(20)19-11-14(15(18)12-19)13-7-3-2-4-8-13;/h2-4,7-8,14-15H,5-6,9-12,18H2,1H3;1H/t14-,15+;/m0./s1. The predicted octanol–water partition coefficient (Wildman–Crippen LogP) is 2.94. The van der Waals surface area contributed by atoms with Crippen molar-refractivity contribution in [1.82, 2.24) is 4.90 Å². The van der Waals surface area contributed by atoms with E-state index in [1.807, 2.05) is 23.1 Å². The number of nitrogens with zero attached hydrogens (tertiary/aromatic N) is 1. The summed E-state index contributed by atoms with van der Waals surface area (Å²) in [6, 6.07) is 10.4. The Morgan fingerprint density at radius 3 is 2.43 bits per heavy atom. The molecule has 1 heterocycles. The molecule has 1 aliphatic heterocycles. The van der Waals surface area contributed by atoms with Gasteiger partial charge in [-0.1, -0.05) is 50.1 Å². The van der Waals surface area contributed by atoms with Gasteiger partial charge in [-0.2, -0.15) is 0 Å². The van der Waals surface area contributed by atoms with Crippen LogP contribution in [0.4, 0.5) is 0 Å². The van der Waals surface area contributed by atoms with Crippen LogP contribution >= 0.6 is 12.4 Å². The van der Waals surface area contributed by atoms with Gasteiger partial charge in [-0.15, -0.1) is 12.4 Å². The molecule has 2 N–H and O–H groups in total. The number of amides is 1. The van der Waals surface area contributed by atoms with E-state index in [2.05, 4.69) is 19.1 Å². The quantitative estimate of drug-likeness (QED) is 0.913. The van der Waals surface area contributed by atoms with E-state index in [0.717, 1.165) is 19.4 Å². The fourth-order valence-corrected chi connectivity index (χ4v) is 3.80. The molecule has 21 heavy (non-hydrogen) atoms. The van der Waals surface area contributed by atoms with E-state index in [4.69, 9.17) is 5.73 Å². The SMILES string of the molecule is CC1(C(=O)N2C[C@@H](N)[C@H](c3ccccc3)C2)CCCC1.Cl. The van der Waals surface area contributed by atoms with Crippen LogP contribution in [0.15, 0.2) is 30.3 Å². The maximum absolute atomic E-state index is 12.8. The van der Waals surface area contributed by atoms with Crippen molar-refractivity contribution in [2.45, 2.75) is 44.6 Å². The molecule has 0 unspecified atom stereocenters. The molecule has 2 fully saturated rings. The summed E-state index contributed by atoms with van der Waals surface area (Å²) >= 11 is 0. The van der Waals surface area contributed by atoms with Crippen LogP contribution in [0.1, 0.15) is 44.1 Å². The second-order valence-electron chi connectivity index (χ2n) is 6.66. The maximum Gasteiger partial charge on any atom is 0.228 e. The Kier molecular flexibility index (Phi) is 4.95. The van der Waals surface area contributed by atoms with Gasteiger partial charge in [0.15, 0.2) is 0 Å². The number of nitrogens with two attached hydrogens (primary N) is 1. The van der Waals surface area contributed by atoms with Gasteiger partial charge in [0.25, 0.3) is 0 Å². The highest BCUT2D eigenvalue weighted by Crippen LogP contribution is 2.40. The van der Waals surface area contributed by atoms with Crippen LogP contribution in [-0.4, -0.2) is 29.9 Å². The normalized spacial score (nSPS) is 27.4. The highest BCUT2D eigenvalue weighted by Gasteiger charge is 2.43. The predicted molar refractivity (Wildman–Crippen MR) is 87.6 cm³/mol. The third kappa shape index (κ3) is 3.09. The van der Waals surface area contributed by atoms with Gasteiger partial charge in [-0.3, -0.25) is 4.79 Å². The number of likely N-dealkylation sites (tertiary alicyclic amines) is 1. The van der Waals surface area contributed by atoms with Crippen molar-refractivity contribution >= 4 is 18.3 Å². The lowest BCUT2D eigenvalue weighted by molar-refractivity contribution is -0.139. The zero-order valence-corrected chi connectivity index (χ0v) is 13.4. The fraction of sp³-hybridized carbons (Fsp3) is 0.588. The Balaban J connectivity index is 0.00000161. The minimum atomic E-state index is -0.134. The number of benzene rings is 1. The molecule has 3 nitrogen and oxygen atoms in total. The second kappa shape index (κ2) is 6.37. The molecule has 1 saturated carbocycles. The van der Waals surface area contributed by atoms with E-state index < -0.39 is 0 Å². The average Bonchev–Trinajstić information content (AvgIpc) is 3.06. The molecular weight excluding hydrogens is 284 g/mol. The van der Waals surface area contributed by atoms with Crippen LogP contribution in [-0.2, 0) is 4.79 Å². The Labute approximate surface area is 133 Å². The number of carbonyl (C=O) groups excluding carboxylic acids is 1. The van der Waals surface area contributed by atoms with E-state index in [1.165, 1.54) is 18.4 Å². The van der Waals surface area contributed by atoms with Gasteiger partial charge in [0.05, 0.1) is 0 Å². The smallest absolute Gasteiger partial charge is 0.228 e. The van der Waals surface area contributed by atoms with Gasteiger partial charge in [0.1, 0.15) is 0 Å². The Morgan fingerprint density at radius 1 is 1.19 bits per heavy atom. The summed E-state index contributed by atoms with van der Waals surface area (Å²) < 4.78 is 0. The molecule has 1 saturated heterocycles. The fourth-order valence-electron chi connectivity index (χ4n) is 3.80. The minimum Gasteiger partial charge on any atom is -0.340 e. The van der Waals surface area contributed by atoms with E-state index in [-0.39, 0.29) is 29.8 Å². The number of hydrogen-bond acceptors (Lipinski definition) is 2. The van der Waals surface area contributed by atoms with Crippen molar-refractivity contribution in [3.05, 3.63) is 35.9 Å². The van der Waals surface area contributed by atoms with Crippen LogP contribution in [0.25, 0.3) is 0 Å². The Morgan fingerprint density at radius 2 is 1.81 bits per heavy atom.